The molecular formula is C27H33N5O2S. The van der Waals surface area contributed by atoms with Crippen LogP contribution >= 0.6 is 11.3 Å². The maximum atomic E-state index is 12.8. The molecule has 0 amide bonds. The number of nitrogens with two attached hydrogens (primary N) is 1. The molecule has 3 aromatic rings. The molecular weight excluding hydrogens is 458 g/mol. The van der Waals surface area contributed by atoms with Crippen LogP contribution in [0.3, 0.4) is 0 Å². The standard InChI is InChI=1S/C27H33N5O2S/c1-16-17(2)35-26-23(16)24(20-12-10-19(11-13-20)9-7-8-14-28)29-21(15-22(33)34-27(4,5)6)25-31-30-18(3)32(25)26/h7-8,10-13,21H,9,14-15,28H2,1-6H3/b8-7+/t21-/m1/s1. The van der Waals surface area contributed by atoms with Gasteiger partial charge in [-0.2, -0.15) is 0 Å². The number of allylic oxidation sites excluding steroid dienone is 1. The third kappa shape index (κ3) is 5.28. The van der Waals surface area contributed by atoms with Crippen LogP contribution in [-0.2, 0) is 16.0 Å². The Morgan fingerprint density at radius 1 is 1.14 bits per heavy atom. The maximum absolute atomic E-state index is 12.8. The number of esters is 1. The van der Waals surface area contributed by atoms with E-state index in [9.17, 15) is 4.79 Å². The molecule has 0 saturated carbocycles. The number of ether oxygens (including phenoxy) is 1. The Morgan fingerprint density at radius 3 is 2.51 bits per heavy atom. The van der Waals surface area contributed by atoms with Crippen molar-refractivity contribution < 1.29 is 9.53 Å². The zero-order chi connectivity index (χ0) is 25.3. The molecule has 0 saturated heterocycles. The molecule has 2 N–H and O–H groups in total. The minimum Gasteiger partial charge on any atom is -0.460 e. The second-order valence-corrected chi connectivity index (χ2v) is 11.0. The first-order valence-corrected chi connectivity index (χ1v) is 12.7. The van der Waals surface area contributed by atoms with Gasteiger partial charge in [-0.25, -0.2) is 0 Å². The van der Waals surface area contributed by atoms with Gasteiger partial charge >= 0.3 is 5.97 Å². The Balaban J connectivity index is 1.83. The summed E-state index contributed by atoms with van der Waals surface area (Å²) in [5.74, 6) is 1.13. The number of aryl methyl sites for hydroxylation is 2. The monoisotopic (exact) mass is 491 g/mol. The fraction of sp³-hybridized carbons (Fsp3) is 0.407. The Hall–Kier alpha value is -3.10. The number of fused-ring (bicyclic) bond motifs is 3. The molecule has 0 radical (unpaired) electrons. The van der Waals surface area contributed by atoms with E-state index >= 15 is 0 Å². The maximum Gasteiger partial charge on any atom is 0.308 e. The summed E-state index contributed by atoms with van der Waals surface area (Å²) in [4.78, 5) is 19.2. The molecule has 1 aliphatic heterocycles. The van der Waals surface area contributed by atoms with Gasteiger partial charge in [0.2, 0.25) is 0 Å². The van der Waals surface area contributed by atoms with Gasteiger partial charge in [0.05, 0.1) is 12.1 Å². The number of carbonyl (C=O) groups is 1. The van der Waals surface area contributed by atoms with Crippen molar-refractivity contribution in [1.82, 2.24) is 14.8 Å². The van der Waals surface area contributed by atoms with Crippen molar-refractivity contribution in [2.24, 2.45) is 10.7 Å². The lowest BCUT2D eigenvalue weighted by Gasteiger charge is -2.21. The van der Waals surface area contributed by atoms with Gasteiger partial charge in [-0.1, -0.05) is 36.4 Å². The molecule has 3 heterocycles. The topological polar surface area (TPSA) is 95.4 Å². The molecule has 1 atom stereocenters. The third-order valence-electron chi connectivity index (χ3n) is 5.90. The molecule has 8 heteroatoms. The minimum atomic E-state index is -0.571. The summed E-state index contributed by atoms with van der Waals surface area (Å²) < 4.78 is 7.68. The lowest BCUT2D eigenvalue weighted by atomic mass is 9.98. The number of benzene rings is 1. The highest BCUT2D eigenvalue weighted by molar-refractivity contribution is 7.15. The molecule has 2 aromatic heterocycles. The number of aliphatic imine (C=N–C) groups is 1. The molecule has 0 bridgehead atoms. The van der Waals surface area contributed by atoms with Crippen LogP contribution in [0.15, 0.2) is 41.4 Å². The predicted octanol–water partition coefficient (Wildman–Crippen LogP) is 4.94. The van der Waals surface area contributed by atoms with Crippen LogP contribution in [0.25, 0.3) is 5.00 Å². The van der Waals surface area contributed by atoms with Gasteiger partial charge in [-0.3, -0.25) is 14.4 Å². The van der Waals surface area contributed by atoms with Gasteiger partial charge in [-0.15, -0.1) is 21.5 Å². The van der Waals surface area contributed by atoms with Crippen LogP contribution in [0.2, 0.25) is 0 Å². The van der Waals surface area contributed by atoms with Gasteiger partial charge in [0.15, 0.2) is 5.82 Å². The highest BCUT2D eigenvalue weighted by Crippen LogP contribution is 2.39. The van der Waals surface area contributed by atoms with Crippen LogP contribution in [-0.4, -0.2) is 38.6 Å². The SMILES string of the molecule is Cc1sc2c(c1C)C(c1ccc(C/C=C/CN)cc1)=N[C@H](CC(=O)OC(C)(C)C)c1nnc(C)n1-2. The summed E-state index contributed by atoms with van der Waals surface area (Å²) in [5.41, 5.74) is 10.3. The molecule has 0 fully saturated rings. The Bertz CT molecular complexity index is 1290. The second-order valence-electron chi connectivity index (χ2n) is 9.80. The Labute approximate surface area is 210 Å². The van der Waals surface area contributed by atoms with Gasteiger partial charge in [0.25, 0.3) is 0 Å². The molecule has 0 spiro atoms. The fourth-order valence-corrected chi connectivity index (χ4v) is 5.39. The number of hydrogen-bond acceptors (Lipinski definition) is 7. The number of aromatic nitrogens is 3. The van der Waals surface area contributed by atoms with E-state index in [1.807, 2.05) is 33.8 Å². The van der Waals surface area contributed by atoms with Crippen LogP contribution in [0, 0.1) is 20.8 Å². The molecule has 35 heavy (non-hydrogen) atoms. The quantitative estimate of drug-likeness (QED) is 0.389. The van der Waals surface area contributed by atoms with Crippen molar-refractivity contribution in [2.45, 2.75) is 66.0 Å². The Kier molecular flexibility index (Phi) is 7.05. The van der Waals surface area contributed by atoms with E-state index in [1.165, 1.54) is 16.0 Å². The zero-order valence-corrected chi connectivity index (χ0v) is 22.1. The Morgan fingerprint density at radius 2 is 1.86 bits per heavy atom. The average Bonchev–Trinajstić information content (AvgIpc) is 3.25. The summed E-state index contributed by atoms with van der Waals surface area (Å²) in [6.45, 7) is 12.3. The molecule has 1 aromatic carbocycles. The number of rotatable bonds is 6. The number of hydrogen-bond donors (Lipinski definition) is 1. The molecule has 0 aliphatic carbocycles. The van der Waals surface area contributed by atoms with Crippen molar-refractivity contribution >= 4 is 23.0 Å². The fourth-order valence-electron chi connectivity index (χ4n) is 4.18. The van der Waals surface area contributed by atoms with Gasteiger partial charge in [0, 0.05) is 22.5 Å². The normalized spacial score (nSPS) is 15.5. The van der Waals surface area contributed by atoms with Crippen LogP contribution in [0.4, 0.5) is 0 Å². The van der Waals surface area contributed by atoms with E-state index < -0.39 is 11.6 Å². The summed E-state index contributed by atoms with van der Waals surface area (Å²) in [6.07, 6.45) is 4.96. The summed E-state index contributed by atoms with van der Waals surface area (Å²) in [6, 6.07) is 7.93. The largest absolute Gasteiger partial charge is 0.460 e. The minimum absolute atomic E-state index is 0.0911. The van der Waals surface area contributed by atoms with Crippen molar-refractivity contribution in [3.8, 4) is 5.00 Å². The highest BCUT2D eigenvalue weighted by atomic mass is 32.1. The van der Waals surface area contributed by atoms with E-state index in [1.54, 1.807) is 11.3 Å². The van der Waals surface area contributed by atoms with Crippen LogP contribution in [0.5, 0.6) is 0 Å². The van der Waals surface area contributed by atoms with Gasteiger partial charge in [-0.05, 0) is 59.1 Å². The van der Waals surface area contributed by atoms with E-state index in [-0.39, 0.29) is 12.4 Å². The van der Waals surface area contributed by atoms with E-state index in [2.05, 4.69) is 59.0 Å². The van der Waals surface area contributed by atoms with Crippen molar-refractivity contribution in [3.05, 3.63) is 75.2 Å². The third-order valence-corrected chi connectivity index (χ3v) is 7.10. The van der Waals surface area contributed by atoms with Crippen molar-refractivity contribution in [2.75, 3.05) is 6.54 Å². The first kappa shape index (κ1) is 25.0. The predicted molar refractivity (Wildman–Crippen MR) is 141 cm³/mol. The van der Waals surface area contributed by atoms with E-state index in [0.717, 1.165) is 34.1 Å². The van der Waals surface area contributed by atoms with E-state index in [0.29, 0.717) is 12.4 Å². The van der Waals surface area contributed by atoms with Crippen LogP contribution < -0.4 is 5.73 Å². The lowest BCUT2D eigenvalue weighted by molar-refractivity contribution is -0.155. The van der Waals surface area contributed by atoms with Crippen molar-refractivity contribution in [1.29, 1.82) is 0 Å². The lowest BCUT2D eigenvalue weighted by Crippen LogP contribution is -2.25. The smallest absolute Gasteiger partial charge is 0.308 e. The first-order valence-electron chi connectivity index (χ1n) is 11.9. The molecule has 4 rings (SSSR count). The highest BCUT2D eigenvalue weighted by Gasteiger charge is 2.33. The summed E-state index contributed by atoms with van der Waals surface area (Å²) in [7, 11) is 0. The first-order chi connectivity index (χ1) is 16.6. The van der Waals surface area contributed by atoms with Gasteiger partial charge < -0.3 is 10.5 Å². The number of thiophene rings is 1. The van der Waals surface area contributed by atoms with Gasteiger partial charge in [0.1, 0.15) is 22.5 Å². The second kappa shape index (κ2) is 9.87. The van der Waals surface area contributed by atoms with Crippen molar-refractivity contribution in [3.63, 3.8) is 0 Å². The summed E-state index contributed by atoms with van der Waals surface area (Å²) in [5, 5.41) is 9.83. The molecule has 1 aliphatic rings. The molecule has 7 nitrogen and oxygen atoms in total. The summed E-state index contributed by atoms with van der Waals surface area (Å²) >= 11 is 1.70. The zero-order valence-electron chi connectivity index (χ0n) is 21.3. The molecule has 184 valence electrons. The number of carbonyl (C=O) groups excluding carboxylic acids is 1. The van der Waals surface area contributed by atoms with E-state index in [4.69, 9.17) is 15.5 Å². The van der Waals surface area contributed by atoms with Crippen LogP contribution in [0.1, 0.15) is 72.0 Å². The average molecular weight is 492 g/mol. The molecule has 0 unspecified atom stereocenters. The number of nitrogens with zero attached hydrogens (tertiary/aromatic N) is 4.